The average Bonchev–Trinajstić information content (AvgIpc) is 2.85. The number of hydrogen-bond acceptors (Lipinski definition) is 1. The van der Waals surface area contributed by atoms with E-state index in [9.17, 15) is 0 Å². The zero-order chi connectivity index (χ0) is 15.5. The van der Waals surface area contributed by atoms with Gasteiger partial charge in [-0.15, -0.1) is 0 Å². The molecule has 1 aromatic rings. The van der Waals surface area contributed by atoms with Crippen LogP contribution in [0.5, 0.6) is 0 Å². The first-order chi connectivity index (χ1) is 9.91. The second-order valence-corrected chi connectivity index (χ2v) is 7.86. The lowest BCUT2D eigenvalue weighted by atomic mass is 9.97. The molecule has 0 bridgehead atoms. The molecular weight excluding hydrogens is 254 g/mol. The molecule has 0 spiro atoms. The summed E-state index contributed by atoms with van der Waals surface area (Å²) in [5, 5.41) is 3.83. The predicted octanol–water partition coefficient (Wildman–Crippen LogP) is 5.06. The van der Waals surface area contributed by atoms with E-state index in [0.717, 1.165) is 12.5 Å². The van der Waals surface area contributed by atoms with Crippen molar-refractivity contribution in [1.29, 1.82) is 0 Å². The van der Waals surface area contributed by atoms with E-state index in [1.54, 1.807) is 0 Å². The van der Waals surface area contributed by atoms with Crippen molar-refractivity contribution in [3.05, 3.63) is 35.9 Å². The summed E-state index contributed by atoms with van der Waals surface area (Å²) < 4.78 is 0. The molecule has 1 heteroatoms. The van der Waals surface area contributed by atoms with Crippen LogP contribution in [0.15, 0.2) is 30.3 Å². The molecule has 0 aromatic heterocycles. The standard InChI is InChI=1S/C20H33N/c1-6-15-21-17(18-19(2,3)20(18,4)5)14-10-13-16-11-8-7-9-12-16/h7-9,11-12,17-18,21H,6,10,13-15H2,1-5H3. The van der Waals surface area contributed by atoms with Gasteiger partial charge in [-0.1, -0.05) is 65.0 Å². The number of hydrogen-bond donors (Lipinski definition) is 1. The van der Waals surface area contributed by atoms with Crippen LogP contribution in [-0.4, -0.2) is 12.6 Å². The van der Waals surface area contributed by atoms with E-state index in [-0.39, 0.29) is 0 Å². The van der Waals surface area contributed by atoms with Gasteiger partial charge in [-0.3, -0.25) is 0 Å². The SMILES string of the molecule is CCCNC(CCCc1ccccc1)C1C(C)(C)C1(C)C. The first-order valence-electron chi connectivity index (χ1n) is 8.68. The van der Waals surface area contributed by atoms with Crippen molar-refractivity contribution in [1.82, 2.24) is 5.32 Å². The van der Waals surface area contributed by atoms with Crippen LogP contribution in [0.4, 0.5) is 0 Å². The fraction of sp³-hybridized carbons (Fsp3) is 0.700. The van der Waals surface area contributed by atoms with Gasteiger partial charge < -0.3 is 5.32 Å². The Labute approximate surface area is 131 Å². The summed E-state index contributed by atoms with van der Waals surface area (Å²) in [6, 6.07) is 11.6. The van der Waals surface area contributed by atoms with Crippen LogP contribution in [-0.2, 0) is 6.42 Å². The van der Waals surface area contributed by atoms with Gasteiger partial charge in [-0.2, -0.15) is 0 Å². The van der Waals surface area contributed by atoms with E-state index in [0.29, 0.717) is 16.9 Å². The van der Waals surface area contributed by atoms with Crippen molar-refractivity contribution >= 4 is 0 Å². The molecule has 118 valence electrons. The van der Waals surface area contributed by atoms with Gasteiger partial charge in [0.05, 0.1) is 0 Å². The average molecular weight is 287 g/mol. The normalized spacial score (nSPS) is 21.2. The first kappa shape index (κ1) is 16.5. The zero-order valence-electron chi connectivity index (χ0n) is 14.6. The van der Waals surface area contributed by atoms with Crippen LogP contribution in [0.2, 0.25) is 0 Å². The molecule has 21 heavy (non-hydrogen) atoms. The third-order valence-electron chi connectivity index (χ3n) is 6.01. The molecule has 0 aliphatic heterocycles. The molecule has 1 N–H and O–H groups in total. The molecule has 1 aromatic carbocycles. The molecule has 1 atom stereocenters. The van der Waals surface area contributed by atoms with Crippen molar-refractivity contribution < 1.29 is 0 Å². The number of nitrogens with one attached hydrogen (secondary N) is 1. The molecule has 0 amide bonds. The van der Waals surface area contributed by atoms with Crippen molar-refractivity contribution in [2.45, 2.75) is 66.3 Å². The van der Waals surface area contributed by atoms with E-state index in [2.05, 4.69) is 70.3 Å². The molecule has 0 radical (unpaired) electrons. The number of benzene rings is 1. The van der Waals surface area contributed by atoms with E-state index < -0.39 is 0 Å². The topological polar surface area (TPSA) is 12.0 Å². The number of aryl methyl sites for hydroxylation is 1. The molecule has 2 rings (SSSR count). The van der Waals surface area contributed by atoms with Crippen LogP contribution in [0.3, 0.4) is 0 Å². The highest BCUT2D eigenvalue weighted by atomic mass is 15.0. The van der Waals surface area contributed by atoms with Crippen LogP contribution < -0.4 is 5.32 Å². The number of rotatable bonds is 8. The highest BCUT2D eigenvalue weighted by molar-refractivity contribution is 5.17. The highest BCUT2D eigenvalue weighted by Gasteiger charge is 2.66. The molecule has 1 aliphatic carbocycles. The van der Waals surface area contributed by atoms with E-state index in [4.69, 9.17) is 0 Å². The smallest absolute Gasteiger partial charge is 0.0106 e. The van der Waals surface area contributed by atoms with E-state index in [1.165, 1.54) is 31.2 Å². The summed E-state index contributed by atoms with van der Waals surface area (Å²) in [5.74, 6) is 0.812. The Morgan fingerprint density at radius 1 is 1.05 bits per heavy atom. The Kier molecular flexibility index (Phi) is 5.14. The third-order valence-corrected chi connectivity index (χ3v) is 6.01. The van der Waals surface area contributed by atoms with Gasteiger partial charge >= 0.3 is 0 Å². The minimum absolute atomic E-state index is 0.477. The minimum atomic E-state index is 0.477. The Hall–Kier alpha value is -0.820. The quantitative estimate of drug-likeness (QED) is 0.704. The lowest BCUT2D eigenvalue weighted by Gasteiger charge is -2.21. The molecule has 1 saturated carbocycles. The Balaban J connectivity index is 1.89. The van der Waals surface area contributed by atoms with Crippen molar-refractivity contribution in [2.24, 2.45) is 16.7 Å². The summed E-state index contributed by atoms with van der Waals surface area (Å²) in [6.07, 6.45) is 5.02. The largest absolute Gasteiger partial charge is 0.314 e. The Bertz CT molecular complexity index is 418. The van der Waals surface area contributed by atoms with Crippen molar-refractivity contribution in [3.63, 3.8) is 0 Å². The van der Waals surface area contributed by atoms with Crippen molar-refractivity contribution in [2.75, 3.05) is 6.54 Å². The fourth-order valence-corrected chi connectivity index (χ4v) is 4.14. The Morgan fingerprint density at radius 2 is 1.67 bits per heavy atom. The summed E-state index contributed by atoms with van der Waals surface area (Å²) in [5.41, 5.74) is 2.43. The molecule has 1 fully saturated rings. The van der Waals surface area contributed by atoms with E-state index >= 15 is 0 Å². The van der Waals surface area contributed by atoms with E-state index in [1.807, 2.05) is 0 Å². The fourth-order valence-electron chi connectivity index (χ4n) is 4.14. The lowest BCUT2D eigenvalue weighted by molar-refractivity contribution is 0.370. The molecule has 1 unspecified atom stereocenters. The predicted molar refractivity (Wildman–Crippen MR) is 92.5 cm³/mol. The van der Waals surface area contributed by atoms with Crippen molar-refractivity contribution in [3.8, 4) is 0 Å². The molecule has 0 saturated heterocycles. The van der Waals surface area contributed by atoms with Crippen LogP contribution >= 0.6 is 0 Å². The first-order valence-corrected chi connectivity index (χ1v) is 8.68. The lowest BCUT2D eigenvalue weighted by Crippen LogP contribution is -2.34. The maximum Gasteiger partial charge on any atom is 0.0106 e. The Morgan fingerprint density at radius 3 is 2.19 bits per heavy atom. The second-order valence-electron chi connectivity index (χ2n) is 7.86. The van der Waals surface area contributed by atoms with Gasteiger partial charge in [0, 0.05) is 6.04 Å². The van der Waals surface area contributed by atoms with Gasteiger partial charge in [0.25, 0.3) is 0 Å². The van der Waals surface area contributed by atoms with Gasteiger partial charge in [0.15, 0.2) is 0 Å². The van der Waals surface area contributed by atoms with Crippen LogP contribution in [0.25, 0.3) is 0 Å². The van der Waals surface area contributed by atoms with Gasteiger partial charge in [0.1, 0.15) is 0 Å². The summed E-state index contributed by atoms with van der Waals surface area (Å²) in [7, 11) is 0. The summed E-state index contributed by atoms with van der Waals surface area (Å²) in [6.45, 7) is 13.2. The minimum Gasteiger partial charge on any atom is -0.314 e. The summed E-state index contributed by atoms with van der Waals surface area (Å²) >= 11 is 0. The van der Waals surface area contributed by atoms with Gasteiger partial charge in [-0.05, 0) is 54.5 Å². The maximum atomic E-state index is 3.83. The monoisotopic (exact) mass is 287 g/mol. The highest BCUT2D eigenvalue weighted by Crippen LogP contribution is 2.70. The summed E-state index contributed by atoms with van der Waals surface area (Å²) in [4.78, 5) is 0. The van der Waals surface area contributed by atoms with Gasteiger partial charge in [0.2, 0.25) is 0 Å². The molecule has 1 nitrogen and oxygen atoms in total. The van der Waals surface area contributed by atoms with Gasteiger partial charge in [-0.25, -0.2) is 0 Å². The zero-order valence-corrected chi connectivity index (χ0v) is 14.6. The molecule has 1 aliphatic rings. The molecular formula is C20H33N. The third kappa shape index (κ3) is 3.51. The second kappa shape index (κ2) is 6.52. The van der Waals surface area contributed by atoms with Crippen LogP contribution in [0, 0.1) is 16.7 Å². The molecule has 0 heterocycles. The maximum absolute atomic E-state index is 3.83. The van der Waals surface area contributed by atoms with Crippen LogP contribution in [0.1, 0.15) is 59.4 Å².